The first-order chi connectivity index (χ1) is 51.2. The first-order valence-electron chi connectivity index (χ1n) is 36.6. The Labute approximate surface area is 709 Å². The van der Waals surface area contributed by atoms with Crippen LogP contribution in [0.3, 0.4) is 0 Å². The molecular weight excluding hydrogens is 2020 g/mol. The summed E-state index contributed by atoms with van der Waals surface area (Å²) in [5, 5.41) is 38.0. The second-order valence-corrected chi connectivity index (χ2v) is 56.8. The molecule has 0 saturated carbocycles. The summed E-state index contributed by atoms with van der Waals surface area (Å²) in [6.45, 7) is 41.2. The molecule has 0 aliphatic carbocycles. The van der Waals surface area contributed by atoms with Crippen LogP contribution in [0.5, 0.6) is 0 Å². The molecule has 0 spiro atoms. The fourth-order valence-corrected chi connectivity index (χ4v) is 29.6. The molecule has 3 aliphatic heterocycles. The zero-order valence-corrected chi connectivity index (χ0v) is 80.5. The number of rotatable bonds is 11. The third-order valence-electron chi connectivity index (χ3n) is 19.4. The van der Waals surface area contributed by atoms with Crippen molar-refractivity contribution in [2.75, 3.05) is 0 Å². The van der Waals surface area contributed by atoms with Gasteiger partial charge in [-0.3, -0.25) is 14.4 Å². The van der Waals surface area contributed by atoms with Crippen molar-refractivity contribution in [3.05, 3.63) is 277 Å². The molecule has 6 heterocycles. The number of ketones is 3. The van der Waals surface area contributed by atoms with Gasteiger partial charge in [-0.05, 0) is 128 Å². The molecule has 3 N–H and O–H groups in total. The second-order valence-electron chi connectivity index (χ2n) is 31.8. The summed E-state index contributed by atoms with van der Waals surface area (Å²) in [5.74, 6) is -0.187. The van der Waals surface area contributed by atoms with Crippen molar-refractivity contribution in [3.63, 3.8) is 0 Å². The van der Waals surface area contributed by atoms with Gasteiger partial charge in [-0.15, -0.1) is 81.7 Å². The summed E-state index contributed by atoms with van der Waals surface area (Å²) in [5.41, 5.74) is 16.8. The van der Waals surface area contributed by atoms with Crippen LogP contribution in [0, 0.1) is 39.0 Å². The smallest absolute Gasteiger partial charge is 0.173 e. The van der Waals surface area contributed by atoms with Gasteiger partial charge < -0.3 is 30.3 Å². The minimum absolute atomic E-state index is 0. The molecule has 0 amide bonds. The third kappa shape index (κ3) is 21.2. The number of hydrogen-bond donors (Lipinski definition) is 3. The largest absolute Gasteiger partial charge is 0.512 e. The Hall–Kier alpha value is -8.18. The van der Waals surface area contributed by atoms with E-state index < -0.39 is 50.2 Å². The molecule has 0 fully saturated rings. The van der Waals surface area contributed by atoms with E-state index in [1.165, 1.54) is 140 Å². The summed E-state index contributed by atoms with van der Waals surface area (Å²) in [4.78, 5) is 45.1. The Bertz CT molecular complexity index is 5380. The number of fused-ring (bicyclic) bond motifs is 9. The molecule has 11 aromatic rings. The fourth-order valence-electron chi connectivity index (χ4n) is 14.8. The number of carbonyl (C=O) groups is 3. The molecule has 112 heavy (non-hydrogen) atoms. The molecule has 0 atom stereocenters. The van der Waals surface area contributed by atoms with Crippen molar-refractivity contribution in [1.82, 2.24) is 15.0 Å². The number of sulfone groups is 1. The van der Waals surface area contributed by atoms with Gasteiger partial charge in [-0.25, -0.2) is 8.42 Å². The summed E-state index contributed by atoms with van der Waals surface area (Å²) >= 11 is 0. The Balaban J connectivity index is 0.000000232. The van der Waals surface area contributed by atoms with Crippen molar-refractivity contribution in [2.24, 2.45) is 0 Å². The molecule has 11 nitrogen and oxygen atoms in total. The molecule has 3 aliphatic rings. The number of aromatic nitrogens is 3. The molecule has 14 rings (SSSR count). The van der Waals surface area contributed by atoms with Crippen LogP contribution in [-0.2, 0) is 84.5 Å². The van der Waals surface area contributed by atoms with Gasteiger partial charge >= 0.3 is 0 Å². The predicted molar refractivity (Wildman–Crippen MR) is 466 cm³/mol. The number of aliphatic hydroxyl groups is 3. The number of hydrogen-bond acceptors (Lipinski definition) is 11. The normalized spacial score (nSPS) is 13.4. The van der Waals surface area contributed by atoms with Gasteiger partial charge in [-0.1, -0.05) is 267 Å². The number of aliphatic hydroxyl groups excluding tert-OH is 3. The molecule has 0 bridgehead atoms. The minimum atomic E-state index is -3.44. The van der Waals surface area contributed by atoms with E-state index in [4.69, 9.17) is 25.3 Å². The van der Waals surface area contributed by atoms with Crippen LogP contribution in [0.25, 0.3) is 67.2 Å². The molecule has 0 unspecified atom stereocenters. The van der Waals surface area contributed by atoms with Gasteiger partial charge in [-0.2, -0.15) is 0 Å². The zero-order chi connectivity index (χ0) is 79.9. The van der Waals surface area contributed by atoms with Gasteiger partial charge in [0.05, 0.1) is 54.5 Å². The van der Waals surface area contributed by atoms with Crippen molar-refractivity contribution in [2.45, 2.75) is 144 Å². The van der Waals surface area contributed by atoms with Gasteiger partial charge in [0.15, 0.2) is 27.2 Å². The fraction of sp³-hybridized carbons (Fsp3) is 0.217. The van der Waals surface area contributed by atoms with Gasteiger partial charge in [0.25, 0.3) is 0 Å². The Morgan fingerprint density at radius 2 is 0.688 bits per heavy atom. The van der Waals surface area contributed by atoms with Crippen LogP contribution in [0.1, 0.15) is 58.2 Å². The minimum Gasteiger partial charge on any atom is -0.512 e. The molecule has 20 heteroatoms. The number of nitrogens with zero attached hydrogens (tertiary/aromatic N) is 3. The van der Waals surface area contributed by atoms with E-state index in [1.54, 1.807) is 23.4 Å². The van der Waals surface area contributed by atoms with E-state index in [0.29, 0.717) is 9.79 Å². The molecule has 3 aromatic heterocycles. The molecule has 587 valence electrons. The van der Waals surface area contributed by atoms with Crippen LogP contribution >= 0.6 is 0 Å². The van der Waals surface area contributed by atoms with Crippen molar-refractivity contribution >= 4 is 114 Å². The van der Waals surface area contributed by atoms with E-state index in [2.05, 4.69) is 280 Å². The van der Waals surface area contributed by atoms with E-state index in [-0.39, 0.29) is 94.9 Å². The maximum Gasteiger partial charge on any atom is 0.173 e. The van der Waals surface area contributed by atoms with Gasteiger partial charge in [0.1, 0.15) is 8.07 Å². The summed E-state index contributed by atoms with van der Waals surface area (Å²) in [6.07, 6.45) is 9.69. The van der Waals surface area contributed by atoms with E-state index in [9.17, 15) is 22.8 Å². The van der Waals surface area contributed by atoms with Crippen LogP contribution < -0.4 is 46.7 Å². The summed E-state index contributed by atoms with van der Waals surface area (Å²) < 4.78 is 25.4. The number of allylic oxidation sites excluding steroid dienone is 6. The third-order valence-corrected chi connectivity index (χ3v) is 36.1. The maximum atomic E-state index is 12.7. The number of benzene rings is 8. The number of pyridine rings is 3. The first-order valence-corrected chi connectivity index (χ1v) is 53.6. The SMILES string of the molecule is CC(=O)C=C(C)O.CC(=O)C=C(C)O.CC(=O)C=C(C)O.Cc1cc(-c2[c-]cc3c(c2)-c2ccccc2S3(=O)=O)ncc1[Si](C)(C)C.Cc1cc(-c2[c-]cc3c(c2)-c2ccccc2[Si]3(C)C)ncc1[Si](C)(C)C.Cc1cc(-c2[c-]cc3c(c2)-c2ccccc2[Si]3(c2ccccc2)c2ccccc2)ncc1[Si](C)(C)C.[Ir].[Ir].[Ir]. The molecular formula is C92H100Ir3N3O8SSi5-3. The molecule has 0 saturated heterocycles. The van der Waals surface area contributed by atoms with Crippen LogP contribution in [0.4, 0.5) is 0 Å². The van der Waals surface area contributed by atoms with Crippen molar-refractivity contribution < 1.29 is 98.4 Å². The standard InChI is InChI=1S/C33H30NSi2.C23H26NSi2.C21H20NO2SSi.3C5H8O2.3Ir/c1-24-21-30(34-23-33(24)35(2,3)4)25-19-20-32-29(22-25)28-17-11-12-18-31(28)36(32,26-13-7-5-8-14-26)27-15-9-6-10-16-27;1-16-13-20(24-15-23(16)25(2,3)4)17-11-12-22-19(14-17)18-9-7-8-10-21(18)26(22,5)6;1-14-11-18(22-13-21(14)26(2,3)4)15-9-10-20-17(12-15)16-7-5-6-8-19(16)25(20,23)24;3*1-4(6)3-5(2)7;;;/h5-18,20-23H,1-4H3;7-10,12-15H,1-6H3;5-8,10-13H,1-4H3;3*3,6H,1-2H3;;;/q3*-1;;;;;;. The van der Waals surface area contributed by atoms with E-state index >= 15 is 0 Å². The molecule has 8 aromatic carbocycles. The number of carbonyl (C=O) groups excluding carboxylic acids is 3. The monoisotopic (exact) mass is 2130 g/mol. The summed E-state index contributed by atoms with van der Waals surface area (Å²) in [7, 11) is -11.7. The average Bonchev–Trinajstić information content (AvgIpc) is 1.53. The van der Waals surface area contributed by atoms with Crippen molar-refractivity contribution in [1.29, 1.82) is 0 Å². The van der Waals surface area contributed by atoms with E-state index in [0.717, 1.165) is 44.9 Å². The van der Waals surface area contributed by atoms with Gasteiger partial charge in [0.2, 0.25) is 0 Å². The maximum absolute atomic E-state index is 12.7. The quantitative estimate of drug-likeness (QED) is 0.0484. The topological polar surface area (TPSA) is 185 Å². The van der Waals surface area contributed by atoms with E-state index in [1.807, 2.05) is 24.4 Å². The Kier molecular flexibility index (Phi) is 31.7. The average molecular weight is 2120 g/mol. The zero-order valence-electron chi connectivity index (χ0n) is 67.5. The van der Waals surface area contributed by atoms with Crippen molar-refractivity contribution in [3.8, 4) is 67.2 Å². The Morgan fingerprint density at radius 1 is 0.375 bits per heavy atom. The number of aryl methyl sites for hydroxylation is 3. The summed E-state index contributed by atoms with van der Waals surface area (Å²) in [6, 6.07) is 76.9. The first kappa shape index (κ1) is 92.7. The molecule has 3 radical (unpaired) electrons. The second kappa shape index (κ2) is 38.3. The predicted octanol–water partition coefficient (Wildman–Crippen LogP) is 16.3. The van der Waals surface area contributed by atoms with Crippen LogP contribution in [0.2, 0.25) is 72.0 Å². The van der Waals surface area contributed by atoms with Crippen LogP contribution in [-0.4, -0.2) is 96.4 Å². The Morgan fingerprint density at radius 3 is 1.04 bits per heavy atom. The van der Waals surface area contributed by atoms with Gasteiger partial charge in [0, 0.05) is 97.1 Å². The van der Waals surface area contributed by atoms with Crippen LogP contribution in [0.15, 0.2) is 252 Å².